The SMILES string of the molecule is CC(=O)O[C@H]1CC[C@@]2(O)[C@@](C)(C1)[C@@H](O)[C@H]1[C@@H]3CC[C@H]([C@H](C)CCCC(C)C)[C@@]3(C)CC[C@]12O. The minimum Gasteiger partial charge on any atom is -0.463 e. The molecule has 33 heavy (non-hydrogen) atoms. The van der Waals surface area contributed by atoms with Gasteiger partial charge in [-0.15, -0.1) is 0 Å². The Labute approximate surface area is 200 Å². The van der Waals surface area contributed by atoms with E-state index in [0.29, 0.717) is 37.5 Å². The van der Waals surface area contributed by atoms with Crippen molar-refractivity contribution in [3.8, 4) is 0 Å². The molecule has 0 unspecified atom stereocenters. The van der Waals surface area contributed by atoms with Gasteiger partial charge in [-0.2, -0.15) is 0 Å². The van der Waals surface area contributed by atoms with Gasteiger partial charge >= 0.3 is 5.97 Å². The molecule has 3 N–H and O–H groups in total. The van der Waals surface area contributed by atoms with E-state index in [-0.39, 0.29) is 29.3 Å². The van der Waals surface area contributed by atoms with Crippen LogP contribution in [-0.2, 0) is 9.53 Å². The standard InChI is InChI=1S/C28H48O5/c1-17(2)8-7-9-18(3)21-10-11-22-23-24(30)26(6)16-20(33-19(4)29)12-13-28(26,32)27(23,31)15-14-25(21,22)5/h17-18,20-24,30-32H,7-16H2,1-6H3/t18-,20+,21-,22+,23-,24+,25-,26+,27+,28-/m1/s1. The second-order valence-electron chi connectivity index (χ2n) is 13.2. The highest BCUT2D eigenvalue weighted by Gasteiger charge is 2.78. The quantitative estimate of drug-likeness (QED) is 0.489. The average Bonchev–Trinajstić information content (AvgIpc) is 3.12. The van der Waals surface area contributed by atoms with E-state index in [2.05, 4.69) is 27.7 Å². The first-order valence-corrected chi connectivity index (χ1v) is 13.6. The predicted octanol–water partition coefficient (Wildman–Crippen LogP) is 4.85. The largest absolute Gasteiger partial charge is 0.463 e. The molecule has 4 rings (SSSR count). The zero-order valence-electron chi connectivity index (χ0n) is 21.8. The van der Waals surface area contributed by atoms with Crippen molar-refractivity contribution in [1.82, 2.24) is 0 Å². The van der Waals surface area contributed by atoms with E-state index < -0.39 is 22.7 Å². The zero-order chi connectivity index (χ0) is 24.4. The molecule has 0 saturated heterocycles. The van der Waals surface area contributed by atoms with Gasteiger partial charge in [0.1, 0.15) is 11.7 Å². The second-order valence-corrected chi connectivity index (χ2v) is 13.2. The van der Waals surface area contributed by atoms with Crippen molar-refractivity contribution < 1.29 is 24.9 Å². The Morgan fingerprint density at radius 1 is 1.03 bits per heavy atom. The van der Waals surface area contributed by atoms with Gasteiger partial charge in [0.05, 0.1) is 11.7 Å². The molecule has 0 aliphatic heterocycles. The van der Waals surface area contributed by atoms with E-state index in [1.54, 1.807) is 0 Å². The molecule has 0 bridgehead atoms. The van der Waals surface area contributed by atoms with Crippen LogP contribution in [0.4, 0.5) is 0 Å². The van der Waals surface area contributed by atoms with Crippen LogP contribution in [0.15, 0.2) is 0 Å². The summed E-state index contributed by atoms with van der Waals surface area (Å²) < 4.78 is 5.51. The lowest BCUT2D eigenvalue weighted by atomic mass is 9.53. The first-order chi connectivity index (χ1) is 15.3. The fourth-order valence-corrected chi connectivity index (χ4v) is 9.37. The summed E-state index contributed by atoms with van der Waals surface area (Å²) in [6, 6.07) is 0. The Morgan fingerprint density at radius 3 is 2.36 bits per heavy atom. The third kappa shape index (κ3) is 3.62. The Balaban J connectivity index is 1.59. The maximum absolute atomic E-state index is 12.1. The minimum atomic E-state index is -1.34. The van der Waals surface area contributed by atoms with Crippen molar-refractivity contribution in [2.45, 2.75) is 129 Å². The Morgan fingerprint density at radius 2 is 1.73 bits per heavy atom. The maximum Gasteiger partial charge on any atom is 0.302 e. The lowest BCUT2D eigenvalue weighted by molar-refractivity contribution is -0.237. The molecule has 0 aromatic heterocycles. The van der Waals surface area contributed by atoms with Crippen LogP contribution in [0.1, 0.15) is 106 Å². The topological polar surface area (TPSA) is 87.0 Å². The van der Waals surface area contributed by atoms with Gasteiger partial charge in [-0.05, 0) is 74.0 Å². The van der Waals surface area contributed by atoms with Crippen molar-refractivity contribution >= 4 is 5.97 Å². The normalized spacial score (nSPS) is 49.9. The third-order valence-corrected chi connectivity index (χ3v) is 11.1. The van der Waals surface area contributed by atoms with Gasteiger partial charge < -0.3 is 20.1 Å². The zero-order valence-corrected chi connectivity index (χ0v) is 21.8. The first-order valence-electron chi connectivity index (χ1n) is 13.6. The molecule has 4 fully saturated rings. The number of esters is 1. The van der Waals surface area contributed by atoms with Crippen LogP contribution in [0.2, 0.25) is 0 Å². The summed E-state index contributed by atoms with van der Waals surface area (Å²) >= 11 is 0. The van der Waals surface area contributed by atoms with Gasteiger partial charge in [0.15, 0.2) is 0 Å². The van der Waals surface area contributed by atoms with E-state index in [1.807, 2.05) is 6.92 Å². The number of carbonyl (C=O) groups excluding carboxylic acids is 1. The number of aliphatic hydroxyl groups excluding tert-OH is 1. The monoisotopic (exact) mass is 464 g/mol. The highest BCUT2D eigenvalue weighted by molar-refractivity contribution is 5.66. The smallest absolute Gasteiger partial charge is 0.302 e. The predicted molar refractivity (Wildman–Crippen MR) is 128 cm³/mol. The molecule has 0 aromatic rings. The minimum absolute atomic E-state index is 0.0879. The molecular weight excluding hydrogens is 416 g/mol. The molecule has 190 valence electrons. The van der Waals surface area contributed by atoms with Gasteiger partial charge in [-0.1, -0.05) is 53.9 Å². The number of hydrogen-bond acceptors (Lipinski definition) is 5. The van der Waals surface area contributed by atoms with Crippen LogP contribution in [0.3, 0.4) is 0 Å². The molecule has 4 saturated carbocycles. The summed E-state index contributed by atoms with van der Waals surface area (Å²) in [4.78, 5) is 11.6. The maximum atomic E-state index is 12.1. The molecule has 0 spiro atoms. The van der Waals surface area contributed by atoms with Gasteiger partial charge in [0, 0.05) is 18.3 Å². The summed E-state index contributed by atoms with van der Waals surface area (Å²) in [5.74, 6) is 1.54. The summed E-state index contributed by atoms with van der Waals surface area (Å²) in [6.45, 7) is 12.7. The molecule has 5 heteroatoms. The number of hydrogen-bond donors (Lipinski definition) is 3. The van der Waals surface area contributed by atoms with Crippen LogP contribution in [0, 0.1) is 40.4 Å². The molecule has 10 atom stereocenters. The number of fused-ring (bicyclic) bond motifs is 5. The number of ether oxygens (including phenoxy) is 1. The molecular formula is C28H48O5. The fraction of sp³-hybridized carbons (Fsp3) is 0.964. The Bertz CT molecular complexity index is 753. The second kappa shape index (κ2) is 8.48. The number of rotatable bonds is 6. The van der Waals surface area contributed by atoms with Crippen LogP contribution < -0.4 is 0 Å². The van der Waals surface area contributed by atoms with Gasteiger partial charge in [0.25, 0.3) is 0 Å². The highest BCUT2D eigenvalue weighted by Crippen LogP contribution is 2.72. The van der Waals surface area contributed by atoms with Crippen molar-refractivity contribution in [2.24, 2.45) is 40.4 Å². The fourth-order valence-electron chi connectivity index (χ4n) is 9.37. The summed E-state index contributed by atoms with van der Waals surface area (Å²) in [7, 11) is 0. The van der Waals surface area contributed by atoms with Crippen molar-refractivity contribution in [3.63, 3.8) is 0 Å². The van der Waals surface area contributed by atoms with Gasteiger partial charge in [-0.3, -0.25) is 4.79 Å². The van der Waals surface area contributed by atoms with E-state index in [1.165, 1.54) is 26.2 Å². The lowest BCUT2D eigenvalue weighted by Gasteiger charge is -2.56. The van der Waals surface area contributed by atoms with Crippen LogP contribution >= 0.6 is 0 Å². The first kappa shape index (κ1) is 25.4. The van der Waals surface area contributed by atoms with Crippen molar-refractivity contribution in [2.75, 3.05) is 0 Å². The lowest BCUT2D eigenvalue weighted by Crippen LogP contribution is -2.64. The average molecular weight is 465 g/mol. The van der Waals surface area contributed by atoms with Crippen LogP contribution in [-0.4, -0.2) is 44.7 Å². The molecule has 4 aliphatic carbocycles. The Hall–Kier alpha value is -0.650. The summed E-state index contributed by atoms with van der Waals surface area (Å²) in [6.07, 6.45) is 7.58. The van der Waals surface area contributed by atoms with E-state index in [4.69, 9.17) is 4.74 Å². The molecule has 5 nitrogen and oxygen atoms in total. The summed E-state index contributed by atoms with van der Waals surface area (Å²) in [5.41, 5.74) is -3.41. The third-order valence-electron chi connectivity index (χ3n) is 11.1. The van der Waals surface area contributed by atoms with Gasteiger partial charge in [0.2, 0.25) is 0 Å². The van der Waals surface area contributed by atoms with Crippen molar-refractivity contribution in [3.05, 3.63) is 0 Å². The molecule has 0 heterocycles. The Kier molecular flexibility index (Phi) is 6.54. The van der Waals surface area contributed by atoms with Gasteiger partial charge in [-0.25, -0.2) is 0 Å². The van der Waals surface area contributed by atoms with Crippen molar-refractivity contribution in [1.29, 1.82) is 0 Å². The molecule has 0 aromatic carbocycles. The van der Waals surface area contributed by atoms with E-state index in [9.17, 15) is 20.1 Å². The summed E-state index contributed by atoms with van der Waals surface area (Å²) in [5, 5.41) is 36.0. The molecule has 4 aliphatic rings. The van der Waals surface area contributed by atoms with E-state index >= 15 is 0 Å². The molecule has 0 radical (unpaired) electrons. The highest BCUT2D eigenvalue weighted by atomic mass is 16.5. The van der Waals surface area contributed by atoms with Crippen LogP contribution in [0.5, 0.6) is 0 Å². The van der Waals surface area contributed by atoms with E-state index in [0.717, 1.165) is 25.2 Å². The number of aliphatic hydroxyl groups is 3. The molecule has 0 amide bonds. The number of carbonyl (C=O) groups is 1. The van der Waals surface area contributed by atoms with Crippen LogP contribution in [0.25, 0.3) is 0 Å².